The topological polar surface area (TPSA) is 125 Å². The number of carbonyl (C=O) groups is 3. The summed E-state index contributed by atoms with van der Waals surface area (Å²) in [6.07, 6.45) is 1.43. The minimum absolute atomic E-state index is 0.1000. The van der Waals surface area contributed by atoms with Crippen LogP contribution in [-0.2, 0) is 26.0 Å². The SMILES string of the molecule is CC1NC(=O)NC(=O)C1S(=O)(=O)N1CCC(C(=O)NCCc2ccc(Cl)cc2)CC1. The molecule has 0 radical (unpaired) electrons. The number of piperidine rings is 1. The maximum atomic E-state index is 12.9. The van der Waals surface area contributed by atoms with Gasteiger partial charge in [0.2, 0.25) is 21.8 Å². The van der Waals surface area contributed by atoms with Crippen LogP contribution in [0.3, 0.4) is 0 Å². The van der Waals surface area contributed by atoms with Crippen molar-refractivity contribution in [3.8, 4) is 0 Å². The number of hydrogen-bond donors (Lipinski definition) is 3. The smallest absolute Gasteiger partial charge is 0.321 e. The van der Waals surface area contributed by atoms with E-state index in [0.29, 0.717) is 30.8 Å². The van der Waals surface area contributed by atoms with Gasteiger partial charge in [0.05, 0.1) is 6.04 Å². The monoisotopic (exact) mass is 456 g/mol. The van der Waals surface area contributed by atoms with E-state index in [-0.39, 0.29) is 24.9 Å². The van der Waals surface area contributed by atoms with Crippen molar-refractivity contribution in [1.29, 1.82) is 0 Å². The molecule has 2 aliphatic heterocycles. The summed E-state index contributed by atoms with van der Waals surface area (Å²) in [6.45, 7) is 2.28. The Labute approximate surface area is 180 Å². The maximum Gasteiger partial charge on any atom is 0.321 e. The quantitative estimate of drug-likeness (QED) is 0.579. The van der Waals surface area contributed by atoms with Crippen LogP contribution in [0.15, 0.2) is 24.3 Å². The lowest BCUT2D eigenvalue weighted by atomic mass is 9.97. The lowest BCUT2D eigenvalue weighted by Gasteiger charge is -2.36. The summed E-state index contributed by atoms with van der Waals surface area (Å²) in [6, 6.07) is 5.88. The highest BCUT2D eigenvalue weighted by molar-refractivity contribution is 7.90. The van der Waals surface area contributed by atoms with E-state index in [0.717, 1.165) is 5.56 Å². The van der Waals surface area contributed by atoms with E-state index in [2.05, 4.69) is 10.6 Å². The Kier molecular flexibility index (Phi) is 6.99. The van der Waals surface area contributed by atoms with Crippen LogP contribution in [0.1, 0.15) is 25.3 Å². The van der Waals surface area contributed by atoms with E-state index in [1.807, 2.05) is 17.4 Å². The zero-order valence-corrected chi connectivity index (χ0v) is 18.1. The van der Waals surface area contributed by atoms with Gasteiger partial charge in [0.15, 0.2) is 5.25 Å². The molecule has 0 bridgehead atoms. The molecule has 0 saturated carbocycles. The van der Waals surface area contributed by atoms with Gasteiger partial charge in [-0.3, -0.25) is 14.9 Å². The molecular formula is C19H25ClN4O5S. The van der Waals surface area contributed by atoms with Crippen LogP contribution in [0.25, 0.3) is 0 Å². The largest absolute Gasteiger partial charge is 0.356 e. The summed E-state index contributed by atoms with van der Waals surface area (Å²) in [5, 5.41) is 6.61. The molecule has 3 N–H and O–H groups in total. The van der Waals surface area contributed by atoms with Gasteiger partial charge >= 0.3 is 6.03 Å². The van der Waals surface area contributed by atoms with Crippen molar-refractivity contribution in [1.82, 2.24) is 20.3 Å². The predicted octanol–water partition coefficient (Wildman–Crippen LogP) is 0.637. The van der Waals surface area contributed by atoms with Crippen molar-refractivity contribution < 1.29 is 22.8 Å². The molecule has 11 heteroatoms. The van der Waals surface area contributed by atoms with Crippen LogP contribution >= 0.6 is 11.6 Å². The fourth-order valence-corrected chi connectivity index (χ4v) is 5.86. The van der Waals surface area contributed by atoms with Gasteiger partial charge in [0.25, 0.3) is 0 Å². The zero-order valence-electron chi connectivity index (χ0n) is 16.6. The average Bonchev–Trinajstić information content (AvgIpc) is 2.68. The van der Waals surface area contributed by atoms with Crippen molar-refractivity contribution >= 4 is 39.5 Å². The number of sulfonamides is 1. The van der Waals surface area contributed by atoms with Gasteiger partial charge in [-0.2, -0.15) is 0 Å². The van der Waals surface area contributed by atoms with Gasteiger partial charge in [-0.1, -0.05) is 23.7 Å². The van der Waals surface area contributed by atoms with Gasteiger partial charge in [-0.05, 0) is 43.9 Å². The fourth-order valence-electron chi connectivity index (χ4n) is 3.78. The highest BCUT2D eigenvalue weighted by Gasteiger charge is 2.46. The molecule has 2 fully saturated rings. The van der Waals surface area contributed by atoms with Crippen molar-refractivity contribution in [2.45, 2.75) is 37.5 Å². The second kappa shape index (κ2) is 9.32. The number of urea groups is 1. The van der Waals surface area contributed by atoms with Gasteiger partial charge in [0, 0.05) is 30.6 Å². The van der Waals surface area contributed by atoms with Crippen molar-refractivity contribution in [2.75, 3.05) is 19.6 Å². The summed E-state index contributed by atoms with van der Waals surface area (Å²) in [5.74, 6) is -1.20. The maximum absolute atomic E-state index is 12.9. The molecule has 0 aromatic heterocycles. The molecule has 2 atom stereocenters. The number of nitrogens with one attached hydrogen (secondary N) is 3. The standard InChI is InChI=1S/C19H25ClN4O5S/c1-12-16(18(26)23-19(27)22-12)30(28,29)24-10-7-14(8-11-24)17(25)21-9-6-13-2-4-15(20)5-3-13/h2-5,12,14,16H,6-11H2,1H3,(H,21,25)(H2,22,23,26,27). The average molecular weight is 457 g/mol. The van der Waals surface area contributed by atoms with Gasteiger partial charge in [-0.25, -0.2) is 17.5 Å². The Balaban J connectivity index is 1.50. The number of benzene rings is 1. The third-order valence-corrected chi connectivity index (χ3v) is 8.04. The molecule has 2 aliphatic rings. The molecule has 0 spiro atoms. The number of carbonyl (C=O) groups excluding carboxylic acids is 3. The van der Waals surface area contributed by atoms with Crippen LogP contribution < -0.4 is 16.0 Å². The summed E-state index contributed by atoms with van der Waals surface area (Å²) in [7, 11) is -3.95. The first-order chi connectivity index (χ1) is 14.2. The van der Waals surface area contributed by atoms with Crippen LogP contribution in [-0.4, -0.2) is 61.5 Å². The normalized spacial score (nSPS) is 23.5. The molecule has 9 nitrogen and oxygen atoms in total. The number of rotatable bonds is 6. The Hall–Kier alpha value is -2.17. The van der Waals surface area contributed by atoms with Gasteiger partial charge in [-0.15, -0.1) is 0 Å². The summed E-state index contributed by atoms with van der Waals surface area (Å²) < 4.78 is 27.0. The van der Waals surface area contributed by atoms with E-state index < -0.39 is 33.3 Å². The number of amides is 4. The molecule has 2 saturated heterocycles. The van der Waals surface area contributed by atoms with Crippen LogP contribution in [0, 0.1) is 5.92 Å². The molecular weight excluding hydrogens is 432 g/mol. The van der Waals surface area contributed by atoms with E-state index >= 15 is 0 Å². The first kappa shape index (κ1) is 22.5. The van der Waals surface area contributed by atoms with Gasteiger partial charge in [0.1, 0.15) is 0 Å². The molecule has 164 valence electrons. The Morgan fingerprint density at radius 3 is 2.43 bits per heavy atom. The highest BCUT2D eigenvalue weighted by Crippen LogP contribution is 2.24. The Morgan fingerprint density at radius 2 is 1.83 bits per heavy atom. The number of imide groups is 1. The second-order valence-electron chi connectivity index (χ2n) is 7.56. The molecule has 0 aliphatic carbocycles. The third-order valence-electron chi connectivity index (χ3n) is 5.44. The minimum atomic E-state index is -3.95. The van der Waals surface area contributed by atoms with E-state index in [1.54, 1.807) is 12.1 Å². The Morgan fingerprint density at radius 1 is 1.20 bits per heavy atom. The minimum Gasteiger partial charge on any atom is -0.356 e. The second-order valence-corrected chi connectivity index (χ2v) is 10.0. The molecule has 3 rings (SSSR count). The predicted molar refractivity (Wildman–Crippen MR) is 111 cm³/mol. The summed E-state index contributed by atoms with van der Waals surface area (Å²) in [4.78, 5) is 35.9. The van der Waals surface area contributed by atoms with Crippen molar-refractivity contribution in [3.63, 3.8) is 0 Å². The van der Waals surface area contributed by atoms with Gasteiger partial charge < -0.3 is 10.6 Å². The molecule has 4 amide bonds. The summed E-state index contributed by atoms with van der Waals surface area (Å²) >= 11 is 5.86. The van der Waals surface area contributed by atoms with E-state index in [4.69, 9.17) is 11.6 Å². The zero-order chi connectivity index (χ0) is 21.9. The number of nitrogens with zero attached hydrogens (tertiary/aromatic N) is 1. The van der Waals surface area contributed by atoms with Crippen molar-refractivity contribution in [3.05, 3.63) is 34.9 Å². The molecule has 2 unspecified atom stereocenters. The first-order valence-corrected chi connectivity index (χ1v) is 11.7. The number of hydrogen-bond acceptors (Lipinski definition) is 5. The van der Waals surface area contributed by atoms with Crippen LogP contribution in [0.2, 0.25) is 5.02 Å². The first-order valence-electron chi connectivity index (χ1n) is 9.81. The van der Waals surface area contributed by atoms with Crippen LogP contribution in [0.5, 0.6) is 0 Å². The van der Waals surface area contributed by atoms with Crippen molar-refractivity contribution in [2.24, 2.45) is 5.92 Å². The Bertz CT molecular complexity index is 913. The highest BCUT2D eigenvalue weighted by atomic mass is 35.5. The molecule has 1 aromatic carbocycles. The molecule has 30 heavy (non-hydrogen) atoms. The van der Waals surface area contributed by atoms with E-state index in [1.165, 1.54) is 11.2 Å². The third kappa shape index (κ3) is 5.11. The fraction of sp³-hybridized carbons (Fsp3) is 0.526. The summed E-state index contributed by atoms with van der Waals surface area (Å²) in [5.41, 5.74) is 1.06. The van der Waals surface area contributed by atoms with E-state index in [9.17, 15) is 22.8 Å². The number of halogens is 1. The van der Waals surface area contributed by atoms with Crippen LogP contribution in [0.4, 0.5) is 4.79 Å². The molecule has 1 aromatic rings. The lowest BCUT2D eigenvalue weighted by Crippen LogP contribution is -2.64. The molecule has 2 heterocycles. The lowest BCUT2D eigenvalue weighted by molar-refractivity contribution is -0.126.